The summed E-state index contributed by atoms with van der Waals surface area (Å²) in [6.07, 6.45) is 5.15. The molecule has 3 rings (SSSR count). The highest BCUT2D eigenvalue weighted by Crippen LogP contribution is 2.52. The maximum Gasteiger partial charge on any atom is 0.253 e. The van der Waals surface area contributed by atoms with Crippen LogP contribution in [0.5, 0.6) is 0 Å². The molecule has 1 saturated carbocycles. The predicted octanol–water partition coefficient (Wildman–Crippen LogP) is 2.70. The first-order valence-electron chi connectivity index (χ1n) is 6.14. The number of carbonyl (C=O) groups excluding carboxylic acids is 1. The lowest BCUT2D eigenvalue weighted by atomic mass is 9.94. The van der Waals surface area contributed by atoms with Crippen molar-refractivity contribution >= 4 is 5.91 Å². The Morgan fingerprint density at radius 2 is 1.88 bits per heavy atom. The molecule has 0 N–H and O–H groups in total. The number of hydrogen-bond acceptors (Lipinski definition) is 1. The van der Waals surface area contributed by atoms with Crippen LogP contribution in [0.25, 0.3) is 0 Å². The van der Waals surface area contributed by atoms with E-state index in [1.165, 1.54) is 25.7 Å². The molecular formula is C14H17NO. The third-order valence-corrected chi connectivity index (χ3v) is 3.93. The first kappa shape index (κ1) is 9.88. The molecule has 0 bridgehead atoms. The van der Waals surface area contributed by atoms with Crippen LogP contribution in [-0.4, -0.2) is 23.9 Å². The Morgan fingerprint density at radius 3 is 2.56 bits per heavy atom. The van der Waals surface area contributed by atoms with Crippen LogP contribution >= 0.6 is 0 Å². The summed E-state index contributed by atoms with van der Waals surface area (Å²) in [5, 5.41) is 0. The first-order chi connectivity index (χ1) is 7.79. The van der Waals surface area contributed by atoms with Gasteiger partial charge in [-0.15, -0.1) is 0 Å². The van der Waals surface area contributed by atoms with Crippen molar-refractivity contribution < 1.29 is 4.79 Å². The summed E-state index contributed by atoms with van der Waals surface area (Å²) in [5.41, 5.74) is 1.35. The van der Waals surface area contributed by atoms with E-state index in [9.17, 15) is 4.79 Å². The molecule has 84 valence electrons. The van der Waals surface area contributed by atoms with Gasteiger partial charge < -0.3 is 4.90 Å². The van der Waals surface area contributed by atoms with E-state index in [-0.39, 0.29) is 5.91 Å². The molecule has 16 heavy (non-hydrogen) atoms. The Bertz CT molecular complexity index is 394. The molecule has 1 aliphatic heterocycles. The number of amides is 1. The van der Waals surface area contributed by atoms with Gasteiger partial charge in [-0.1, -0.05) is 18.2 Å². The molecule has 1 aromatic carbocycles. The van der Waals surface area contributed by atoms with Gasteiger partial charge in [0.1, 0.15) is 0 Å². The molecule has 1 spiro atoms. The molecule has 1 aliphatic carbocycles. The van der Waals surface area contributed by atoms with Crippen LogP contribution in [0.2, 0.25) is 0 Å². The zero-order valence-electron chi connectivity index (χ0n) is 9.48. The number of likely N-dealkylation sites (tertiary alicyclic amines) is 1. The van der Waals surface area contributed by atoms with Gasteiger partial charge in [-0.2, -0.15) is 0 Å². The second-order valence-electron chi connectivity index (χ2n) is 5.20. The van der Waals surface area contributed by atoms with Gasteiger partial charge in [-0.3, -0.25) is 4.79 Å². The maximum atomic E-state index is 12.2. The van der Waals surface area contributed by atoms with Gasteiger partial charge >= 0.3 is 0 Å². The predicted molar refractivity (Wildman–Crippen MR) is 63.2 cm³/mol. The molecule has 2 heteroatoms. The highest BCUT2D eigenvalue weighted by Gasteiger charge is 2.46. The van der Waals surface area contributed by atoms with E-state index >= 15 is 0 Å². The van der Waals surface area contributed by atoms with Gasteiger partial charge in [0, 0.05) is 18.7 Å². The summed E-state index contributed by atoms with van der Waals surface area (Å²) in [5.74, 6) is 0.214. The average molecular weight is 215 g/mol. The number of rotatable bonds is 1. The fraction of sp³-hybridized carbons (Fsp3) is 0.500. The summed E-state index contributed by atoms with van der Waals surface area (Å²) in [6, 6.07) is 9.65. The van der Waals surface area contributed by atoms with E-state index in [1.54, 1.807) is 0 Å². The van der Waals surface area contributed by atoms with Crippen LogP contribution in [-0.2, 0) is 0 Å². The van der Waals surface area contributed by atoms with Crippen molar-refractivity contribution in [3.63, 3.8) is 0 Å². The van der Waals surface area contributed by atoms with Crippen molar-refractivity contribution in [2.45, 2.75) is 25.7 Å². The lowest BCUT2D eigenvalue weighted by Crippen LogP contribution is -2.40. The zero-order chi connectivity index (χ0) is 11.0. The molecule has 0 aromatic heterocycles. The molecule has 1 amide bonds. The minimum Gasteiger partial charge on any atom is -0.338 e. The maximum absolute atomic E-state index is 12.2. The van der Waals surface area contributed by atoms with E-state index in [0.29, 0.717) is 5.41 Å². The topological polar surface area (TPSA) is 20.3 Å². The highest BCUT2D eigenvalue weighted by molar-refractivity contribution is 5.94. The van der Waals surface area contributed by atoms with Gasteiger partial charge in [0.2, 0.25) is 0 Å². The van der Waals surface area contributed by atoms with Crippen molar-refractivity contribution in [2.75, 3.05) is 13.1 Å². The van der Waals surface area contributed by atoms with Crippen LogP contribution in [0, 0.1) is 5.41 Å². The van der Waals surface area contributed by atoms with Crippen LogP contribution in [0.15, 0.2) is 30.3 Å². The van der Waals surface area contributed by atoms with Gasteiger partial charge in [-0.25, -0.2) is 0 Å². The SMILES string of the molecule is O=C(c1ccccc1)N1CCCC2(CC2)C1. The fourth-order valence-corrected chi connectivity index (χ4v) is 2.73. The Kier molecular flexibility index (Phi) is 2.23. The second-order valence-corrected chi connectivity index (χ2v) is 5.20. The minimum atomic E-state index is 0.214. The summed E-state index contributed by atoms with van der Waals surface area (Å²) in [7, 11) is 0. The number of nitrogens with zero attached hydrogens (tertiary/aromatic N) is 1. The monoisotopic (exact) mass is 215 g/mol. The van der Waals surface area contributed by atoms with Crippen molar-refractivity contribution in [2.24, 2.45) is 5.41 Å². The van der Waals surface area contributed by atoms with Gasteiger partial charge in [0.25, 0.3) is 5.91 Å². The van der Waals surface area contributed by atoms with Gasteiger partial charge in [0.05, 0.1) is 0 Å². The highest BCUT2D eigenvalue weighted by atomic mass is 16.2. The molecule has 0 unspecified atom stereocenters. The minimum absolute atomic E-state index is 0.214. The summed E-state index contributed by atoms with van der Waals surface area (Å²) in [6.45, 7) is 1.93. The van der Waals surface area contributed by atoms with Crippen molar-refractivity contribution in [1.29, 1.82) is 0 Å². The Balaban J connectivity index is 1.75. The first-order valence-corrected chi connectivity index (χ1v) is 6.14. The quantitative estimate of drug-likeness (QED) is 0.705. The molecule has 1 aromatic rings. The second kappa shape index (κ2) is 3.62. The van der Waals surface area contributed by atoms with Crippen LogP contribution < -0.4 is 0 Å². The molecule has 1 saturated heterocycles. The Labute approximate surface area is 96.3 Å². The molecule has 2 fully saturated rings. The summed E-state index contributed by atoms with van der Waals surface area (Å²) in [4.78, 5) is 14.3. The molecule has 0 atom stereocenters. The van der Waals surface area contributed by atoms with Crippen LogP contribution in [0.3, 0.4) is 0 Å². The third-order valence-electron chi connectivity index (χ3n) is 3.93. The Hall–Kier alpha value is -1.31. The summed E-state index contributed by atoms with van der Waals surface area (Å²) >= 11 is 0. The average Bonchev–Trinajstić information content (AvgIpc) is 3.09. The summed E-state index contributed by atoms with van der Waals surface area (Å²) < 4.78 is 0. The number of hydrogen-bond donors (Lipinski definition) is 0. The molecular weight excluding hydrogens is 198 g/mol. The van der Waals surface area contributed by atoms with E-state index in [0.717, 1.165) is 18.7 Å². The standard InChI is InChI=1S/C14H17NO/c16-13(12-5-2-1-3-6-12)15-10-4-7-14(11-15)8-9-14/h1-3,5-6H,4,7-11H2. The van der Waals surface area contributed by atoms with Crippen LogP contribution in [0.4, 0.5) is 0 Å². The van der Waals surface area contributed by atoms with E-state index in [1.807, 2.05) is 35.2 Å². The third kappa shape index (κ3) is 1.73. The molecule has 1 heterocycles. The Morgan fingerprint density at radius 1 is 1.12 bits per heavy atom. The van der Waals surface area contributed by atoms with Crippen molar-refractivity contribution in [3.05, 3.63) is 35.9 Å². The molecule has 2 aliphatic rings. The van der Waals surface area contributed by atoms with E-state index < -0.39 is 0 Å². The van der Waals surface area contributed by atoms with Crippen molar-refractivity contribution in [1.82, 2.24) is 4.90 Å². The lowest BCUT2D eigenvalue weighted by Gasteiger charge is -2.33. The normalized spacial score (nSPS) is 22.1. The van der Waals surface area contributed by atoms with Gasteiger partial charge in [0.15, 0.2) is 0 Å². The number of piperidine rings is 1. The number of benzene rings is 1. The molecule has 2 nitrogen and oxygen atoms in total. The zero-order valence-corrected chi connectivity index (χ0v) is 9.48. The number of carbonyl (C=O) groups is 1. The van der Waals surface area contributed by atoms with E-state index in [4.69, 9.17) is 0 Å². The molecule has 0 radical (unpaired) electrons. The van der Waals surface area contributed by atoms with E-state index in [2.05, 4.69) is 0 Å². The fourth-order valence-electron chi connectivity index (χ4n) is 2.73. The van der Waals surface area contributed by atoms with Crippen LogP contribution in [0.1, 0.15) is 36.0 Å². The smallest absolute Gasteiger partial charge is 0.253 e. The lowest BCUT2D eigenvalue weighted by molar-refractivity contribution is 0.0654. The van der Waals surface area contributed by atoms with Crippen molar-refractivity contribution in [3.8, 4) is 0 Å². The van der Waals surface area contributed by atoms with Gasteiger partial charge in [-0.05, 0) is 43.2 Å². The largest absolute Gasteiger partial charge is 0.338 e.